The van der Waals surface area contributed by atoms with Crippen molar-refractivity contribution in [1.82, 2.24) is 0 Å². The van der Waals surface area contributed by atoms with Gasteiger partial charge in [-0.3, -0.25) is 0 Å². The molecular weight excluding hydrogens is 278 g/mol. The highest BCUT2D eigenvalue weighted by atomic mass is 79.9. The van der Waals surface area contributed by atoms with E-state index in [1.807, 2.05) is 0 Å². The van der Waals surface area contributed by atoms with Crippen LogP contribution in [0.25, 0.3) is 0 Å². The van der Waals surface area contributed by atoms with E-state index in [9.17, 15) is 8.78 Å². The molecule has 84 valence electrons. The van der Waals surface area contributed by atoms with E-state index in [1.54, 1.807) is 19.1 Å². The van der Waals surface area contributed by atoms with Crippen molar-refractivity contribution in [1.29, 1.82) is 0 Å². The zero-order valence-electron chi connectivity index (χ0n) is 8.51. The first-order valence-corrected chi connectivity index (χ1v) is 5.65. The quantitative estimate of drug-likeness (QED) is 0.748. The molecule has 1 unspecified atom stereocenters. The van der Waals surface area contributed by atoms with E-state index in [4.69, 9.17) is 4.42 Å². The molecule has 0 radical (unpaired) electrons. The Balaban J connectivity index is 2.40. The second-order valence-electron chi connectivity index (χ2n) is 3.48. The van der Waals surface area contributed by atoms with Crippen molar-refractivity contribution < 1.29 is 13.2 Å². The van der Waals surface area contributed by atoms with Gasteiger partial charge in [0, 0.05) is 5.56 Å². The van der Waals surface area contributed by atoms with Gasteiger partial charge < -0.3 is 4.42 Å². The van der Waals surface area contributed by atoms with Gasteiger partial charge in [0.05, 0.1) is 0 Å². The van der Waals surface area contributed by atoms with Gasteiger partial charge in [0.2, 0.25) is 0 Å². The Bertz CT molecular complexity index is 507. The summed E-state index contributed by atoms with van der Waals surface area (Å²) in [4.78, 5) is -0.475. The fraction of sp³-hybridized carbons (Fsp3) is 0.167. The van der Waals surface area contributed by atoms with Crippen LogP contribution < -0.4 is 0 Å². The number of benzene rings is 1. The summed E-state index contributed by atoms with van der Waals surface area (Å²) in [5.41, 5.74) is 0.231. The van der Waals surface area contributed by atoms with Gasteiger partial charge in [-0.05, 0) is 37.3 Å². The van der Waals surface area contributed by atoms with Crippen LogP contribution >= 0.6 is 15.9 Å². The summed E-state index contributed by atoms with van der Waals surface area (Å²) in [6.07, 6.45) is 0. The third kappa shape index (κ3) is 2.16. The Morgan fingerprint density at radius 1 is 1.19 bits per heavy atom. The van der Waals surface area contributed by atoms with Gasteiger partial charge in [-0.25, -0.2) is 8.78 Å². The minimum atomic E-state index is -0.475. The van der Waals surface area contributed by atoms with E-state index in [0.29, 0.717) is 5.76 Å². The number of halogens is 3. The molecule has 0 aliphatic rings. The molecule has 2 rings (SSSR count). The molecule has 0 amide bonds. The van der Waals surface area contributed by atoms with E-state index >= 15 is 0 Å². The van der Waals surface area contributed by atoms with Crippen LogP contribution in [0.4, 0.5) is 8.78 Å². The molecule has 4 heteroatoms. The number of hydrogen-bond donors (Lipinski definition) is 0. The van der Waals surface area contributed by atoms with Gasteiger partial charge in [0.1, 0.15) is 28.0 Å². The monoisotopic (exact) mass is 286 g/mol. The molecule has 1 aromatic carbocycles. The highest BCUT2D eigenvalue weighted by Gasteiger charge is 2.18. The third-order valence-electron chi connectivity index (χ3n) is 2.24. The molecule has 0 aliphatic carbocycles. The molecule has 0 bridgehead atoms. The number of hydrogen-bond acceptors (Lipinski definition) is 1. The van der Waals surface area contributed by atoms with Crippen LogP contribution in [-0.4, -0.2) is 0 Å². The molecule has 0 saturated heterocycles. The minimum absolute atomic E-state index is 0.231. The van der Waals surface area contributed by atoms with Crippen molar-refractivity contribution in [3.05, 3.63) is 59.1 Å². The van der Waals surface area contributed by atoms with Crippen LogP contribution in [0.3, 0.4) is 0 Å². The van der Waals surface area contributed by atoms with Crippen LogP contribution in [0.2, 0.25) is 0 Å². The minimum Gasteiger partial charge on any atom is -0.465 e. The summed E-state index contributed by atoms with van der Waals surface area (Å²) in [5.74, 6) is 0.361. The summed E-state index contributed by atoms with van der Waals surface area (Å²) >= 11 is 3.29. The molecule has 1 nitrogen and oxygen atoms in total. The van der Waals surface area contributed by atoms with Crippen LogP contribution in [0.5, 0.6) is 0 Å². The average molecular weight is 287 g/mol. The maximum absolute atomic E-state index is 13.5. The Morgan fingerprint density at radius 3 is 2.56 bits per heavy atom. The smallest absolute Gasteiger partial charge is 0.128 e. The van der Waals surface area contributed by atoms with Crippen molar-refractivity contribution >= 4 is 15.9 Å². The second kappa shape index (κ2) is 4.37. The number of alkyl halides is 1. The molecule has 0 N–H and O–H groups in total. The van der Waals surface area contributed by atoms with Crippen molar-refractivity contribution in [3.63, 3.8) is 0 Å². The number of aryl methyl sites for hydroxylation is 1. The summed E-state index contributed by atoms with van der Waals surface area (Å²) in [7, 11) is 0. The van der Waals surface area contributed by atoms with E-state index in [-0.39, 0.29) is 5.56 Å². The zero-order chi connectivity index (χ0) is 11.7. The van der Waals surface area contributed by atoms with E-state index in [1.165, 1.54) is 0 Å². The topological polar surface area (TPSA) is 13.1 Å². The normalized spacial score (nSPS) is 12.8. The van der Waals surface area contributed by atoms with Crippen LogP contribution in [0, 0.1) is 18.6 Å². The van der Waals surface area contributed by atoms with Crippen molar-refractivity contribution in [2.75, 3.05) is 0 Å². The largest absolute Gasteiger partial charge is 0.465 e. The summed E-state index contributed by atoms with van der Waals surface area (Å²) < 4.78 is 31.8. The fourth-order valence-electron chi connectivity index (χ4n) is 1.45. The van der Waals surface area contributed by atoms with E-state index < -0.39 is 16.5 Å². The average Bonchev–Trinajstić information content (AvgIpc) is 2.67. The molecule has 0 aliphatic heterocycles. The fourth-order valence-corrected chi connectivity index (χ4v) is 2.05. The summed E-state index contributed by atoms with van der Waals surface area (Å²) in [5, 5.41) is 0. The number of rotatable bonds is 2. The van der Waals surface area contributed by atoms with Gasteiger partial charge in [-0.15, -0.1) is 0 Å². The molecule has 0 saturated carbocycles. The van der Waals surface area contributed by atoms with Crippen molar-refractivity contribution in [2.45, 2.75) is 11.8 Å². The Labute approximate surface area is 100 Å². The summed E-state index contributed by atoms with van der Waals surface area (Å²) in [6, 6.07) is 6.87. The highest BCUT2D eigenvalue weighted by molar-refractivity contribution is 9.09. The Kier molecular flexibility index (Phi) is 3.10. The third-order valence-corrected chi connectivity index (χ3v) is 3.19. The lowest BCUT2D eigenvalue weighted by Crippen LogP contribution is -1.96. The maximum atomic E-state index is 13.5. The molecule has 0 fully saturated rings. The molecule has 2 aromatic rings. The molecular formula is C12H9BrF2O. The summed E-state index contributed by atoms with van der Waals surface area (Å²) in [6.45, 7) is 1.80. The zero-order valence-corrected chi connectivity index (χ0v) is 10.1. The predicted octanol–water partition coefficient (Wildman–Crippen LogP) is 4.35. The molecule has 16 heavy (non-hydrogen) atoms. The Hall–Kier alpha value is -1.16. The van der Waals surface area contributed by atoms with Gasteiger partial charge >= 0.3 is 0 Å². The van der Waals surface area contributed by atoms with Crippen molar-refractivity contribution in [3.8, 4) is 0 Å². The highest BCUT2D eigenvalue weighted by Crippen LogP contribution is 2.33. The standard InChI is InChI=1S/C12H9BrF2O/c1-7-2-5-11(16-7)12(13)9-6-8(14)3-4-10(9)15/h2-6,12H,1H3. The lowest BCUT2D eigenvalue weighted by Gasteiger charge is -2.08. The predicted molar refractivity (Wildman–Crippen MR) is 60.6 cm³/mol. The van der Waals surface area contributed by atoms with Gasteiger partial charge in [0.15, 0.2) is 0 Å². The van der Waals surface area contributed by atoms with Crippen LogP contribution in [0.15, 0.2) is 34.7 Å². The lowest BCUT2D eigenvalue weighted by molar-refractivity contribution is 0.486. The Morgan fingerprint density at radius 2 is 1.94 bits per heavy atom. The molecule has 0 spiro atoms. The van der Waals surface area contributed by atoms with Gasteiger partial charge in [-0.1, -0.05) is 15.9 Å². The SMILES string of the molecule is Cc1ccc(C(Br)c2cc(F)ccc2F)o1. The maximum Gasteiger partial charge on any atom is 0.128 e. The van der Waals surface area contributed by atoms with Crippen LogP contribution in [0.1, 0.15) is 21.9 Å². The molecule has 1 heterocycles. The van der Waals surface area contributed by atoms with Crippen LogP contribution in [-0.2, 0) is 0 Å². The molecule has 1 atom stereocenters. The van der Waals surface area contributed by atoms with E-state index in [0.717, 1.165) is 24.0 Å². The van der Waals surface area contributed by atoms with Crippen molar-refractivity contribution in [2.24, 2.45) is 0 Å². The first-order chi connectivity index (χ1) is 7.58. The molecule has 1 aromatic heterocycles. The first-order valence-electron chi connectivity index (χ1n) is 4.73. The van der Waals surface area contributed by atoms with E-state index in [2.05, 4.69) is 15.9 Å². The lowest BCUT2D eigenvalue weighted by atomic mass is 10.1. The second-order valence-corrected chi connectivity index (χ2v) is 4.39. The first kappa shape index (κ1) is 11.3. The van der Waals surface area contributed by atoms with Gasteiger partial charge in [0.25, 0.3) is 0 Å². The van der Waals surface area contributed by atoms with Gasteiger partial charge in [-0.2, -0.15) is 0 Å². The number of furan rings is 1.